The molecule has 0 heterocycles. The van der Waals surface area contributed by atoms with Crippen LogP contribution in [-0.4, -0.2) is 0 Å². The zero-order valence-electron chi connectivity index (χ0n) is 26.5. The van der Waals surface area contributed by atoms with Crippen molar-refractivity contribution in [2.75, 3.05) is 5.32 Å². The van der Waals surface area contributed by atoms with Crippen molar-refractivity contribution in [1.29, 1.82) is 0 Å². The van der Waals surface area contributed by atoms with Crippen LogP contribution >= 0.6 is 0 Å². The standard InChI is InChI=1S/C44H43N/c1-3-44(4-2,45-40-31-29-36(30-32-40)35-18-10-6-11-19-35)43-23-15-14-22-42(43)39-27-25-38(26-28-39)41(37-20-12-7-13-21-37)33-24-34-16-8-5-9-17-34/h5-23,25-32,41,45H,3-4,24,33H2,1-2H3. The number of aryl methyl sites for hydroxylation is 1. The average Bonchev–Trinajstić information content (AvgIpc) is 3.13. The Balaban J connectivity index is 1.28. The molecular weight excluding hydrogens is 542 g/mol. The van der Waals surface area contributed by atoms with E-state index in [1.54, 1.807) is 0 Å². The second-order valence-electron chi connectivity index (χ2n) is 12.0. The maximum absolute atomic E-state index is 3.98. The fraction of sp³-hybridized carbons (Fsp3) is 0.182. The maximum Gasteiger partial charge on any atom is 0.0626 e. The smallest absolute Gasteiger partial charge is 0.0626 e. The molecule has 6 aromatic rings. The Morgan fingerprint density at radius 1 is 0.489 bits per heavy atom. The number of hydrogen-bond acceptors (Lipinski definition) is 1. The summed E-state index contributed by atoms with van der Waals surface area (Å²) in [7, 11) is 0. The summed E-state index contributed by atoms with van der Waals surface area (Å²) in [6.45, 7) is 4.60. The second kappa shape index (κ2) is 14.3. The quantitative estimate of drug-likeness (QED) is 0.151. The number of rotatable bonds is 12. The first-order valence-corrected chi connectivity index (χ1v) is 16.4. The number of hydrogen-bond donors (Lipinski definition) is 1. The SMILES string of the molecule is CCC(CC)(Nc1ccc(-c2ccccc2)cc1)c1ccccc1-c1ccc(C(CCc2ccccc2)c2ccccc2)cc1. The van der Waals surface area contributed by atoms with Gasteiger partial charge >= 0.3 is 0 Å². The summed E-state index contributed by atoms with van der Waals surface area (Å²) in [6, 6.07) is 59.6. The van der Waals surface area contributed by atoms with E-state index in [0.717, 1.165) is 31.4 Å². The minimum Gasteiger partial charge on any atom is -0.376 e. The Hall–Kier alpha value is -4.88. The first-order chi connectivity index (χ1) is 22.2. The van der Waals surface area contributed by atoms with E-state index in [2.05, 4.69) is 183 Å². The zero-order valence-corrected chi connectivity index (χ0v) is 26.5. The lowest BCUT2D eigenvalue weighted by Gasteiger charge is -2.36. The topological polar surface area (TPSA) is 12.0 Å². The van der Waals surface area contributed by atoms with Gasteiger partial charge in [0.25, 0.3) is 0 Å². The van der Waals surface area contributed by atoms with Crippen molar-refractivity contribution >= 4 is 5.69 Å². The van der Waals surface area contributed by atoms with Crippen molar-refractivity contribution in [2.45, 2.75) is 51.0 Å². The second-order valence-corrected chi connectivity index (χ2v) is 12.0. The van der Waals surface area contributed by atoms with Gasteiger partial charge in [-0.2, -0.15) is 0 Å². The summed E-state index contributed by atoms with van der Waals surface area (Å²) >= 11 is 0. The predicted molar refractivity (Wildman–Crippen MR) is 193 cm³/mol. The summed E-state index contributed by atoms with van der Waals surface area (Å²) < 4.78 is 0. The molecule has 0 spiro atoms. The van der Waals surface area contributed by atoms with Crippen LogP contribution in [0.15, 0.2) is 164 Å². The lowest BCUT2D eigenvalue weighted by Crippen LogP contribution is -2.34. The van der Waals surface area contributed by atoms with Crippen LogP contribution in [0.5, 0.6) is 0 Å². The average molecular weight is 586 g/mol. The molecule has 0 bridgehead atoms. The molecule has 1 N–H and O–H groups in total. The van der Waals surface area contributed by atoms with E-state index in [9.17, 15) is 0 Å². The zero-order chi connectivity index (χ0) is 30.9. The molecule has 1 heteroatoms. The lowest BCUT2D eigenvalue weighted by atomic mass is 9.79. The van der Waals surface area contributed by atoms with Gasteiger partial charge in [0.2, 0.25) is 0 Å². The Labute approximate surface area is 269 Å². The molecule has 0 fully saturated rings. The number of nitrogens with one attached hydrogen (secondary N) is 1. The first-order valence-electron chi connectivity index (χ1n) is 16.4. The molecular formula is C44H43N. The molecule has 0 saturated heterocycles. The third-order valence-corrected chi connectivity index (χ3v) is 9.42. The van der Waals surface area contributed by atoms with Crippen LogP contribution in [0.2, 0.25) is 0 Å². The summed E-state index contributed by atoms with van der Waals surface area (Å²) in [5, 5.41) is 3.98. The molecule has 0 aliphatic carbocycles. The minimum atomic E-state index is -0.189. The van der Waals surface area contributed by atoms with Crippen LogP contribution < -0.4 is 5.32 Å². The van der Waals surface area contributed by atoms with Crippen molar-refractivity contribution in [3.63, 3.8) is 0 Å². The van der Waals surface area contributed by atoms with E-state index in [-0.39, 0.29) is 5.54 Å². The third kappa shape index (κ3) is 6.94. The normalized spacial score (nSPS) is 12.0. The minimum absolute atomic E-state index is 0.189. The van der Waals surface area contributed by atoms with Gasteiger partial charge in [0, 0.05) is 11.6 Å². The van der Waals surface area contributed by atoms with Crippen LogP contribution in [0.1, 0.15) is 61.3 Å². The Kier molecular flexibility index (Phi) is 9.56. The number of benzene rings is 6. The van der Waals surface area contributed by atoms with E-state index in [1.165, 1.54) is 44.5 Å². The Morgan fingerprint density at radius 3 is 1.64 bits per heavy atom. The van der Waals surface area contributed by atoms with E-state index >= 15 is 0 Å². The monoisotopic (exact) mass is 585 g/mol. The Morgan fingerprint density at radius 2 is 1.00 bits per heavy atom. The van der Waals surface area contributed by atoms with Crippen molar-refractivity contribution in [3.05, 3.63) is 186 Å². The molecule has 1 unspecified atom stereocenters. The highest BCUT2D eigenvalue weighted by Gasteiger charge is 2.31. The van der Waals surface area contributed by atoms with Crippen LogP contribution in [0, 0.1) is 0 Å². The number of anilines is 1. The van der Waals surface area contributed by atoms with Gasteiger partial charge in [-0.1, -0.05) is 166 Å². The summed E-state index contributed by atoms with van der Waals surface area (Å²) in [4.78, 5) is 0. The molecule has 0 aromatic heterocycles. The van der Waals surface area contributed by atoms with E-state index in [0.29, 0.717) is 5.92 Å². The highest BCUT2D eigenvalue weighted by atomic mass is 15.0. The summed E-state index contributed by atoms with van der Waals surface area (Å²) in [6.07, 6.45) is 4.09. The van der Waals surface area contributed by atoms with Gasteiger partial charge in [0.05, 0.1) is 5.54 Å². The first kappa shape index (κ1) is 30.2. The van der Waals surface area contributed by atoms with E-state index in [1.807, 2.05) is 0 Å². The van der Waals surface area contributed by atoms with Crippen LogP contribution in [0.3, 0.4) is 0 Å². The predicted octanol–water partition coefficient (Wildman–Crippen LogP) is 11.9. The molecule has 0 aliphatic rings. The molecule has 6 rings (SSSR count). The van der Waals surface area contributed by atoms with Crippen LogP contribution in [0.4, 0.5) is 5.69 Å². The van der Waals surface area contributed by atoms with Gasteiger partial charge < -0.3 is 5.32 Å². The van der Waals surface area contributed by atoms with Crippen molar-refractivity contribution in [1.82, 2.24) is 0 Å². The van der Waals surface area contributed by atoms with Gasteiger partial charge in [-0.3, -0.25) is 0 Å². The molecule has 6 aromatic carbocycles. The van der Waals surface area contributed by atoms with Gasteiger partial charge in [-0.15, -0.1) is 0 Å². The molecule has 1 atom stereocenters. The van der Waals surface area contributed by atoms with Crippen molar-refractivity contribution in [2.24, 2.45) is 0 Å². The van der Waals surface area contributed by atoms with E-state index < -0.39 is 0 Å². The molecule has 224 valence electrons. The summed E-state index contributed by atoms with van der Waals surface area (Å²) in [5.41, 5.74) is 11.5. The molecule has 0 amide bonds. The highest BCUT2D eigenvalue weighted by molar-refractivity contribution is 5.71. The van der Waals surface area contributed by atoms with E-state index in [4.69, 9.17) is 0 Å². The van der Waals surface area contributed by atoms with Gasteiger partial charge in [0.1, 0.15) is 0 Å². The fourth-order valence-corrected chi connectivity index (χ4v) is 6.74. The fourth-order valence-electron chi connectivity index (χ4n) is 6.74. The van der Waals surface area contributed by atoms with Gasteiger partial charge in [-0.05, 0) is 82.3 Å². The van der Waals surface area contributed by atoms with Crippen molar-refractivity contribution < 1.29 is 0 Å². The van der Waals surface area contributed by atoms with Crippen LogP contribution in [-0.2, 0) is 12.0 Å². The maximum atomic E-state index is 3.98. The highest BCUT2D eigenvalue weighted by Crippen LogP contribution is 2.40. The third-order valence-electron chi connectivity index (χ3n) is 9.42. The lowest BCUT2D eigenvalue weighted by molar-refractivity contribution is 0.456. The van der Waals surface area contributed by atoms with Gasteiger partial charge in [0.15, 0.2) is 0 Å². The largest absolute Gasteiger partial charge is 0.376 e. The molecule has 0 radical (unpaired) electrons. The Bertz CT molecular complexity index is 1750. The molecule has 45 heavy (non-hydrogen) atoms. The van der Waals surface area contributed by atoms with Gasteiger partial charge in [-0.25, -0.2) is 0 Å². The summed E-state index contributed by atoms with van der Waals surface area (Å²) in [5.74, 6) is 0.349. The molecule has 0 saturated carbocycles. The van der Waals surface area contributed by atoms with Crippen LogP contribution in [0.25, 0.3) is 22.3 Å². The molecule has 0 aliphatic heterocycles. The van der Waals surface area contributed by atoms with Crippen molar-refractivity contribution in [3.8, 4) is 22.3 Å². The molecule has 1 nitrogen and oxygen atoms in total.